The van der Waals surface area contributed by atoms with E-state index in [1.54, 1.807) is 52.5 Å². The van der Waals surface area contributed by atoms with E-state index < -0.39 is 12.2 Å². The largest absolute Gasteiger partial charge is 0.434 e. The van der Waals surface area contributed by atoms with Crippen LogP contribution < -0.4 is 4.74 Å². The summed E-state index contributed by atoms with van der Waals surface area (Å²) in [4.78, 5) is 13.4. The van der Waals surface area contributed by atoms with E-state index >= 15 is 0 Å². The number of alkyl halides is 2. The zero-order valence-electron chi connectivity index (χ0n) is 23.4. The van der Waals surface area contributed by atoms with Crippen molar-refractivity contribution in [2.24, 2.45) is 7.05 Å². The Morgan fingerprint density at radius 3 is 2.52 bits per heavy atom. The van der Waals surface area contributed by atoms with Gasteiger partial charge < -0.3 is 19.1 Å². The molecular formula is C30H27F2N7O3. The van der Waals surface area contributed by atoms with Gasteiger partial charge >= 0.3 is 6.61 Å². The highest BCUT2D eigenvalue weighted by Gasteiger charge is 2.27. The minimum atomic E-state index is -3.03. The molecule has 6 rings (SSSR count). The van der Waals surface area contributed by atoms with Gasteiger partial charge in [-0.05, 0) is 61.2 Å². The van der Waals surface area contributed by atoms with Gasteiger partial charge in [0.15, 0.2) is 5.82 Å². The fraction of sp³-hybridized carbons (Fsp3) is 0.300. The maximum atomic E-state index is 13.7. The van der Waals surface area contributed by atoms with E-state index in [0.717, 1.165) is 16.6 Å². The Hall–Kier alpha value is -4.73. The predicted molar refractivity (Wildman–Crippen MR) is 148 cm³/mol. The van der Waals surface area contributed by atoms with Crippen molar-refractivity contribution in [2.45, 2.75) is 52.7 Å². The molecule has 10 nitrogen and oxygen atoms in total. The van der Waals surface area contributed by atoms with Crippen LogP contribution in [0, 0.1) is 18.3 Å². The summed E-state index contributed by atoms with van der Waals surface area (Å²) in [7, 11) is 1.67. The molecule has 42 heavy (non-hydrogen) atoms. The lowest BCUT2D eigenvalue weighted by Gasteiger charge is -2.24. The van der Waals surface area contributed by atoms with Crippen LogP contribution in [0.2, 0.25) is 0 Å². The summed E-state index contributed by atoms with van der Waals surface area (Å²) >= 11 is 0. The average molecular weight is 572 g/mol. The lowest BCUT2D eigenvalue weighted by atomic mass is 9.92. The van der Waals surface area contributed by atoms with E-state index in [4.69, 9.17) is 14.5 Å². The van der Waals surface area contributed by atoms with Crippen molar-refractivity contribution in [2.75, 3.05) is 0 Å². The summed E-state index contributed by atoms with van der Waals surface area (Å²) in [5.74, 6) is 1.00. The summed E-state index contributed by atoms with van der Waals surface area (Å²) in [5, 5.41) is 24.3. The molecule has 3 aromatic heterocycles. The molecule has 0 saturated carbocycles. The number of benzene rings is 2. The Bertz CT molecular complexity index is 1870. The molecule has 0 saturated heterocycles. The second-order valence-corrected chi connectivity index (χ2v) is 10.7. The molecule has 0 spiro atoms. The predicted octanol–water partition coefficient (Wildman–Crippen LogP) is 4.98. The fourth-order valence-electron chi connectivity index (χ4n) is 5.33. The molecule has 0 fully saturated rings. The summed E-state index contributed by atoms with van der Waals surface area (Å²) < 4.78 is 41.9. The molecule has 1 N–H and O–H groups in total. The molecule has 1 aliphatic heterocycles. The van der Waals surface area contributed by atoms with Gasteiger partial charge in [0.2, 0.25) is 0 Å². The number of aryl methyl sites for hydroxylation is 2. The summed E-state index contributed by atoms with van der Waals surface area (Å²) in [6.07, 6.45) is 4.89. The number of nitriles is 1. The molecule has 214 valence electrons. The lowest BCUT2D eigenvalue weighted by molar-refractivity contribution is -0.0511. The van der Waals surface area contributed by atoms with Crippen molar-refractivity contribution in [3.8, 4) is 34.1 Å². The second-order valence-electron chi connectivity index (χ2n) is 10.7. The van der Waals surface area contributed by atoms with Crippen LogP contribution >= 0.6 is 0 Å². The third-order valence-electron chi connectivity index (χ3n) is 7.38. The number of fused-ring (bicyclic) bond motifs is 4. The number of rotatable bonds is 5. The maximum absolute atomic E-state index is 13.7. The molecule has 12 heteroatoms. The minimum absolute atomic E-state index is 0.0659. The van der Waals surface area contributed by atoms with E-state index in [2.05, 4.69) is 21.1 Å². The third-order valence-corrected chi connectivity index (χ3v) is 7.38. The van der Waals surface area contributed by atoms with Crippen LogP contribution in [0.4, 0.5) is 8.78 Å². The normalized spacial score (nSPS) is 13.4. The molecule has 0 atom stereocenters. The monoisotopic (exact) mass is 571 g/mol. The molecule has 0 unspecified atom stereocenters. The van der Waals surface area contributed by atoms with E-state index in [1.165, 1.54) is 4.68 Å². The topological polar surface area (TPSA) is 124 Å². The molecule has 0 aliphatic carbocycles. The zero-order chi connectivity index (χ0) is 29.8. The molecule has 5 aromatic rings. The fourth-order valence-corrected chi connectivity index (χ4v) is 5.33. The standard InChI is InChI=1S/C30H27F2N7O3/c1-16-7-19(20-12-36-38(4)25(20)9-33)22-14-41-15-26-37-23-6-5-17(18-10-34-28(35-11-18)30(2,3)40)8-24(23)39(26)13-21(22)27(16)42-29(31)32/h5-8,10-12,29,40H,13-15H2,1-4H3. The van der Waals surface area contributed by atoms with Gasteiger partial charge in [0.25, 0.3) is 0 Å². The van der Waals surface area contributed by atoms with Crippen LogP contribution in [-0.2, 0) is 37.1 Å². The van der Waals surface area contributed by atoms with Gasteiger partial charge in [-0.15, -0.1) is 0 Å². The molecule has 0 radical (unpaired) electrons. The smallest absolute Gasteiger partial charge is 0.387 e. The van der Waals surface area contributed by atoms with Crippen LogP contribution in [0.25, 0.3) is 33.3 Å². The maximum Gasteiger partial charge on any atom is 0.387 e. The molecule has 1 aliphatic rings. The Morgan fingerprint density at radius 2 is 1.83 bits per heavy atom. The van der Waals surface area contributed by atoms with Crippen LogP contribution in [-0.4, -0.2) is 41.0 Å². The first kappa shape index (κ1) is 27.4. The van der Waals surface area contributed by atoms with Gasteiger partial charge in [-0.1, -0.05) is 6.07 Å². The average Bonchev–Trinajstić information content (AvgIpc) is 3.48. The number of aromatic nitrogens is 6. The van der Waals surface area contributed by atoms with Gasteiger partial charge in [0.1, 0.15) is 35.5 Å². The number of aliphatic hydroxyl groups is 1. The quantitative estimate of drug-likeness (QED) is 0.313. The van der Waals surface area contributed by atoms with Crippen LogP contribution in [0.3, 0.4) is 0 Å². The third kappa shape index (κ3) is 4.76. The Balaban J connectivity index is 1.52. The first-order valence-electron chi connectivity index (χ1n) is 13.2. The number of nitrogens with zero attached hydrogens (tertiary/aromatic N) is 7. The highest BCUT2D eigenvalue weighted by Crippen LogP contribution is 2.40. The first-order chi connectivity index (χ1) is 20.0. The van der Waals surface area contributed by atoms with Crippen molar-refractivity contribution in [3.05, 3.63) is 76.9 Å². The van der Waals surface area contributed by atoms with Crippen molar-refractivity contribution >= 4 is 11.0 Å². The Morgan fingerprint density at radius 1 is 1.07 bits per heavy atom. The van der Waals surface area contributed by atoms with Gasteiger partial charge in [-0.2, -0.15) is 19.1 Å². The van der Waals surface area contributed by atoms with E-state index in [9.17, 15) is 19.1 Å². The van der Waals surface area contributed by atoms with Gasteiger partial charge in [-0.3, -0.25) is 4.68 Å². The molecule has 0 amide bonds. The number of hydrogen-bond donors (Lipinski definition) is 1. The number of ether oxygens (including phenoxy) is 2. The highest BCUT2D eigenvalue weighted by atomic mass is 19.3. The van der Waals surface area contributed by atoms with Crippen molar-refractivity contribution in [3.63, 3.8) is 0 Å². The van der Waals surface area contributed by atoms with Crippen molar-refractivity contribution in [1.29, 1.82) is 5.26 Å². The van der Waals surface area contributed by atoms with Crippen LogP contribution in [0.5, 0.6) is 5.75 Å². The highest BCUT2D eigenvalue weighted by molar-refractivity contribution is 5.83. The van der Waals surface area contributed by atoms with Crippen molar-refractivity contribution in [1.82, 2.24) is 29.3 Å². The first-order valence-corrected chi connectivity index (χ1v) is 13.2. The SMILES string of the molecule is Cc1cc(-c2cnn(C)c2C#N)c2c(c1OC(F)F)Cn1c(nc3ccc(-c4cnc(C(C)(C)O)nc4)cc31)COC2. The van der Waals surface area contributed by atoms with Gasteiger partial charge in [0.05, 0.1) is 30.4 Å². The van der Waals surface area contributed by atoms with Gasteiger partial charge in [0, 0.05) is 36.1 Å². The van der Waals surface area contributed by atoms with E-state index in [-0.39, 0.29) is 25.5 Å². The Labute approximate surface area is 239 Å². The Kier molecular flexibility index (Phi) is 6.71. The van der Waals surface area contributed by atoms with E-state index in [1.807, 2.05) is 22.8 Å². The number of halogens is 2. The molecule has 4 heterocycles. The van der Waals surface area contributed by atoms with Crippen molar-refractivity contribution < 1.29 is 23.4 Å². The zero-order valence-corrected chi connectivity index (χ0v) is 23.4. The van der Waals surface area contributed by atoms with Crippen LogP contribution in [0.1, 0.15) is 47.9 Å². The minimum Gasteiger partial charge on any atom is -0.434 e. The van der Waals surface area contributed by atoms with Gasteiger partial charge in [-0.25, -0.2) is 15.0 Å². The van der Waals surface area contributed by atoms with E-state index in [0.29, 0.717) is 50.7 Å². The van der Waals surface area contributed by atoms with Crippen LogP contribution in [0.15, 0.2) is 42.9 Å². The molecular weight excluding hydrogens is 544 g/mol. The summed E-state index contributed by atoms with van der Waals surface area (Å²) in [6.45, 7) is 2.37. The number of imidazole rings is 1. The second kappa shape index (κ2) is 10.3. The summed E-state index contributed by atoms with van der Waals surface area (Å²) in [5.41, 5.74) is 5.10. The number of hydrogen-bond acceptors (Lipinski definition) is 8. The lowest BCUT2D eigenvalue weighted by Crippen LogP contribution is -2.19. The molecule has 0 bridgehead atoms. The summed E-state index contributed by atoms with van der Waals surface area (Å²) in [6, 6.07) is 9.64. The molecule has 2 aromatic carbocycles.